The number of allylic oxidation sites excluding steroid dienone is 1. The molecule has 24 heavy (non-hydrogen) atoms. The molecule has 0 aliphatic carbocycles. The summed E-state index contributed by atoms with van der Waals surface area (Å²) < 4.78 is 5.25. The van der Waals surface area contributed by atoms with E-state index in [0.29, 0.717) is 5.75 Å². The van der Waals surface area contributed by atoms with Crippen molar-refractivity contribution in [3.05, 3.63) is 65.7 Å². The summed E-state index contributed by atoms with van der Waals surface area (Å²) >= 11 is 0. The molecule has 0 saturated heterocycles. The number of carbonyl (C=O) groups is 1. The van der Waals surface area contributed by atoms with Gasteiger partial charge in [0.1, 0.15) is 5.75 Å². The van der Waals surface area contributed by atoms with Crippen molar-refractivity contribution in [3.63, 3.8) is 0 Å². The van der Waals surface area contributed by atoms with Crippen molar-refractivity contribution in [1.29, 1.82) is 0 Å². The van der Waals surface area contributed by atoms with Gasteiger partial charge in [0.05, 0.1) is 5.54 Å². The van der Waals surface area contributed by atoms with Crippen molar-refractivity contribution in [2.24, 2.45) is 0 Å². The van der Waals surface area contributed by atoms with E-state index in [2.05, 4.69) is 62.1 Å². The number of hydrogen-bond donors (Lipinski definition) is 0. The molecule has 0 atom stereocenters. The standard InChI is InChI=1S/C21H23NO2/c1-15-13-21(3,4)22(14-17-8-6-5-7-9-17)20-11-10-18(12-19(15)20)24-16(2)23/h5-13H,14H2,1-4H3. The van der Waals surface area contributed by atoms with Crippen molar-refractivity contribution < 1.29 is 9.53 Å². The van der Waals surface area contributed by atoms with Crippen molar-refractivity contribution in [1.82, 2.24) is 0 Å². The first-order chi connectivity index (χ1) is 11.4. The number of fused-ring (bicyclic) bond motifs is 1. The van der Waals surface area contributed by atoms with Crippen LogP contribution < -0.4 is 9.64 Å². The predicted octanol–water partition coefficient (Wildman–Crippen LogP) is 4.81. The number of ether oxygens (including phenoxy) is 1. The molecule has 0 N–H and O–H groups in total. The molecule has 3 rings (SSSR count). The van der Waals surface area contributed by atoms with E-state index in [1.54, 1.807) is 0 Å². The largest absolute Gasteiger partial charge is 0.427 e. The summed E-state index contributed by atoms with van der Waals surface area (Å²) in [5.74, 6) is 0.294. The molecule has 2 aromatic rings. The van der Waals surface area contributed by atoms with E-state index in [1.807, 2.05) is 18.2 Å². The lowest BCUT2D eigenvalue weighted by atomic mass is 9.88. The topological polar surface area (TPSA) is 29.5 Å². The molecule has 2 aromatic carbocycles. The Balaban J connectivity index is 2.02. The van der Waals surface area contributed by atoms with Crippen molar-refractivity contribution >= 4 is 17.2 Å². The molecule has 0 bridgehead atoms. The first-order valence-electron chi connectivity index (χ1n) is 8.21. The molecule has 3 heteroatoms. The Hall–Kier alpha value is -2.55. The van der Waals surface area contributed by atoms with Gasteiger partial charge in [-0.15, -0.1) is 0 Å². The van der Waals surface area contributed by atoms with E-state index in [4.69, 9.17) is 4.74 Å². The molecule has 0 fully saturated rings. The average Bonchev–Trinajstić information content (AvgIpc) is 2.52. The Bertz CT molecular complexity index is 791. The summed E-state index contributed by atoms with van der Waals surface area (Å²) in [5, 5.41) is 0. The SMILES string of the molecule is CC(=O)Oc1ccc2c(c1)C(C)=CC(C)(C)N2Cc1ccccc1. The monoisotopic (exact) mass is 321 g/mol. The van der Waals surface area contributed by atoms with Crippen LogP contribution in [0.25, 0.3) is 5.57 Å². The Morgan fingerprint density at radius 2 is 1.83 bits per heavy atom. The van der Waals surface area contributed by atoms with Crippen LogP contribution in [0, 0.1) is 0 Å². The van der Waals surface area contributed by atoms with Gasteiger partial charge in [-0.1, -0.05) is 36.4 Å². The molecule has 1 heterocycles. The highest BCUT2D eigenvalue weighted by molar-refractivity contribution is 5.82. The number of carbonyl (C=O) groups excluding carboxylic acids is 1. The highest BCUT2D eigenvalue weighted by Gasteiger charge is 2.31. The molecule has 0 unspecified atom stereocenters. The van der Waals surface area contributed by atoms with Crippen LogP contribution in [-0.4, -0.2) is 11.5 Å². The summed E-state index contributed by atoms with van der Waals surface area (Å²) in [6.45, 7) is 8.81. The number of benzene rings is 2. The van der Waals surface area contributed by atoms with E-state index in [0.717, 1.165) is 12.1 Å². The molecule has 1 aliphatic rings. The highest BCUT2D eigenvalue weighted by Crippen LogP contribution is 2.41. The molecule has 0 spiro atoms. The molecule has 0 saturated carbocycles. The molecule has 0 amide bonds. The Morgan fingerprint density at radius 3 is 2.50 bits per heavy atom. The van der Waals surface area contributed by atoms with Crippen LogP contribution in [0.2, 0.25) is 0 Å². The summed E-state index contributed by atoms with van der Waals surface area (Å²) in [6.07, 6.45) is 2.27. The van der Waals surface area contributed by atoms with Gasteiger partial charge in [0.25, 0.3) is 0 Å². The van der Waals surface area contributed by atoms with Gasteiger partial charge in [0.2, 0.25) is 0 Å². The van der Waals surface area contributed by atoms with Crippen LogP contribution in [0.3, 0.4) is 0 Å². The first kappa shape index (κ1) is 16.3. The third-order valence-electron chi connectivity index (χ3n) is 4.39. The highest BCUT2D eigenvalue weighted by atomic mass is 16.5. The number of nitrogens with zero attached hydrogens (tertiary/aromatic N) is 1. The van der Waals surface area contributed by atoms with Crippen LogP contribution in [0.1, 0.15) is 38.8 Å². The number of esters is 1. The second-order valence-electron chi connectivity index (χ2n) is 6.83. The van der Waals surface area contributed by atoms with E-state index in [-0.39, 0.29) is 11.5 Å². The third kappa shape index (κ3) is 3.21. The maximum Gasteiger partial charge on any atom is 0.308 e. The van der Waals surface area contributed by atoms with Crippen LogP contribution in [0.15, 0.2) is 54.6 Å². The van der Waals surface area contributed by atoms with Crippen LogP contribution >= 0.6 is 0 Å². The zero-order chi connectivity index (χ0) is 17.3. The lowest BCUT2D eigenvalue weighted by Gasteiger charge is -2.43. The van der Waals surface area contributed by atoms with Crippen molar-refractivity contribution in [2.75, 3.05) is 4.90 Å². The number of rotatable bonds is 3. The Labute approximate surface area is 143 Å². The minimum Gasteiger partial charge on any atom is -0.427 e. The van der Waals surface area contributed by atoms with Gasteiger partial charge in [0.15, 0.2) is 0 Å². The van der Waals surface area contributed by atoms with Gasteiger partial charge in [-0.2, -0.15) is 0 Å². The summed E-state index contributed by atoms with van der Waals surface area (Å²) in [4.78, 5) is 13.6. The summed E-state index contributed by atoms with van der Waals surface area (Å²) in [6, 6.07) is 16.3. The third-order valence-corrected chi connectivity index (χ3v) is 4.39. The summed E-state index contributed by atoms with van der Waals surface area (Å²) in [7, 11) is 0. The van der Waals surface area contributed by atoms with Gasteiger partial charge < -0.3 is 9.64 Å². The smallest absolute Gasteiger partial charge is 0.308 e. The van der Waals surface area contributed by atoms with Crippen LogP contribution in [0.5, 0.6) is 5.75 Å². The maximum absolute atomic E-state index is 11.2. The average molecular weight is 321 g/mol. The lowest BCUT2D eigenvalue weighted by molar-refractivity contribution is -0.131. The second-order valence-corrected chi connectivity index (χ2v) is 6.83. The fraction of sp³-hybridized carbons (Fsp3) is 0.286. The molecular weight excluding hydrogens is 298 g/mol. The zero-order valence-electron chi connectivity index (χ0n) is 14.7. The fourth-order valence-corrected chi connectivity index (χ4v) is 3.35. The fourth-order valence-electron chi connectivity index (χ4n) is 3.35. The second kappa shape index (κ2) is 6.16. The van der Waals surface area contributed by atoms with Gasteiger partial charge >= 0.3 is 5.97 Å². The van der Waals surface area contributed by atoms with Gasteiger partial charge in [-0.3, -0.25) is 4.79 Å². The molecular formula is C21H23NO2. The molecule has 1 aliphatic heterocycles. The Morgan fingerprint density at radius 1 is 1.12 bits per heavy atom. The van der Waals surface area contributed by atoms with E-state index in [1.165, 1.54) is 23.7 Å². The quantitative estimate of drug-likeness (QED) is 0.600. The minimum absolute atomic E-state index is 0.0874. The van der Waals surface area contributed by atoms with E-state index >= 15 is 0 Å². The molecule has 124 valence electrons. The van der Waals surface area contributed by atoms with Gasteiger partial charge in [0, 0.05) is 24.7 Å². The normalized spacial score (nSPS) is 15.5. The van der Waals surface area contributed by atoms with Crippen LogP contribution in [-0.2, 0) is 11.3 Å². The number of anilines is 1. The van der Waals surface area contributed by atoms with Crippen LogP contribution in [0.4, 0.5) is 5.69 Å². The Kier molecular flexibility index (Phi) is 4.18. The summed E-state index contributed by atoms with van der Waals surface area (Å²) in [5.41, 5.74) is 4.67. The minimum atomic E-state index is -0.297. The molecule has 3 nitrogen and oxygen atoms in total. The van der Waals surface area contributed by atoms with Gasteiger partial charge in [-0.05, 0) is 50.1 Å². The number of hydrogen-bond acceptors (Lipinski definition) is 3. The molecule has 0 radical (unpaired) electrons. The van der Waals surface area contributed by atoms with Gasteiger partial charge in [-0.25, -0.2) is 0 Å². The van der Waals surface area contributed by atoms with Crippen molar-refractivity contribution in [3.8, 4) is 5.75 Å². The first-order valence-corrected chi connectivity index (χ1v) is 8.21. The lowest BCUT2D eigenvalue weighted by Crippen LogP contribution is -2.44. The zero-order valence-corrected chi connectivity index (χ0v) is 14.7. The van der Waals surface area contributed by atoms with E-state index in [9.17, 15) is 4.79 Å². The predicted molar refractivity (Wildman–Crippen MR) is 98.1 cm³/mol. The molecule has 0 aromatic heterocycles. The maximum atomic E-state index is 11.2. The van der Waals surface area contributed by atoms with E-state index < -0.39 is 0 Å². The van der Waals surface area contributed by atoms with Crippen molar-refractivity contribution in [2.45, 2.75) is 39.8 Å².